The fourth-order valence-corrected chi connectivity index (χ4v) is 2.77. The Bertz CT molecular complexity index is 284. The summed E-state index contributed by atoms with van der Waals surface area (Å²) in [5.74, 6) is 0.459. The summed E-state index contributed by atoms with van der Waals surface area (Å²) in [4.78, 5) is 0. The van der Waals surface area contributed by atoms with Crippen molar-refractivity contribution in [1.82, 2.24) is 5.32 Å². The first-order valence-electron chi connectivity index (χ1n) is 6.67. The molecule has 0 atom stereocenters. The molecule has 0 aromatic rings. The van der Waals surface area contributed by atoms with Gasteiger partial charge >= 0.3 is 0 Å². The Morgan fingerprint density at radius 2 is 1.88 bits per heavy atom. The zero-order valence-corrected chi connectivity index (χ0v) is 11.6. The molecular formula is C12H25NO3S. The standard InChI is InChI=1S/C12H25NO3S/c1-2-17(14,15)11-9-13-8-10-16-12-6-4-3-5-7-12/h12-13H,2-11H2,1H3. The fourth-order valence-electron chi connectivity index (χ4n) is 2.03. The van der Waals surface area contributed by atoms with Gasteiger partial charge in [0.2, 0.25) is 0 Å². The molecule has 5 heteroatoms. The smallest absolute Gasteiger partial charge is 0.151 e. The van der Waals surface area contributed by atoms with Gasteiger partial charge in [0.15, 0.2) is 9.84 Å². The highest BCUT2D eigenvalue weighted by Crippen LogP contribution is 2.19. The zero-order chi connectivity index (χ0) is 12.6. The average Bonchev–Trinajstić information content (AvgIpc) is 2.35. The van der Waals surface area contributed by atoms with E-state index >= 15 is 0 Å². The van der Waals surface area contributed by atoms with Crippen molar-refractivity contribution in [3.05, 3.63) is 0 Å². The maximum absolute atomic E-state index is 11.2. The van der Waals surface area contributed by atoms with Crippen LogP contribution >= 0.6 is 0 Å². The van der Waals surface area contributed by atoms with Gasteiger partial charge in [0.05, 0.1) is 18.5 Å². The molecule has 1 aliphatic carbocycles. The van der Waals surface area contributed by atoms with Crippen molar-refractivity contribution in [3.8, 4) is 0 Å². The molecule has 0 saturated heterocycles. The first kappa shape index (κ1) is 14.9. The summed E-state index contributed by atoms with van der Waals surface area (Å²) in [5.41, 5.74) is 0. The summed E-state index contributed by atoms with van der Waals surface area (Å²) in [6.45, 7) is 3.65. The number of hydrogen-bond donors (Lipinski definition) is 1. The van der Waals surface area contributed by atoms with Crippen LogP contribution < -0.4 is 5.32 Å². The minimum atomic E-state index is -2.83. The van der Waals surface area contributed by atoms with Gasteiger partial charge in [-0.2, -0.15) is 0 Å². The first-order valence-corrected chi connectivity index (χ1v) is 8.49. The summed E-state index contributed by atoms with van der Waals surface area (Å²) in [6.07, 6.45) is 6.71. The fraction of sp³-hybridized carbons (Fsp3) is 1.00. The molecule has 1 rings (SSSR count). The molecule has 102 valence electrons. The molecule has 0 aromatic carbocycles. The predicted octanol–water partition coefficient (Wildman–Crippen LogP) is 1.36. The van der Waals surface area contributed by atoms with E-state index in [2.05, 4.69) is 5.32 Å². The van der Waals surface area contributed by atoms with Crippen LogP contribution in [-0.4, -0.2) is 45.7 Å². The van der Waals surface area contributed by atoms with Gasteiger partial charge in [-0.15, -0.1) is 0 Å². The molecule has 0 amide bonds. The van der Waals surface area contributed by atoms with Crippen molar-refractivity contribution in [2.45, 2.75) is 45.1 Å². The Balaban J connectivity index is 1.94. The monoisotopic (exact) mass is 263 g/mol. The summed E-state index contributed by atoms with van der Waals surface area (Å²) in [5, 5.41) is 3.11. The highest BCUT2D eigenvalue weighted by molar-refractivity contribution is 7.91. The first-order chi connectivity index (χ1) is 8.14. The quantitative estimate of drug-likeness (QED) is 0.672. The largest absolute Gasteiger partial charge is 0.377 e. The van der Waals surface area contributed by atoms with E-state index in [1.165, 1.54) is 32.1 Å². The highest BCUT2D eigenvalue weighted by Gasteiger charge is 2.13. The van der Waals surface area contributed by atoms with Crippen LogP contribution in [0.1, 0.15) is 39.0 Å². The zero-order valence-electron chi connectivity index (χ0n) is 10.8. The van der Waals surface area contributed by atoms with E-state index in [9.17, 15) is 8.42 Å². The van der Waals surface area contributed by atoms with Crippen LogP contribution in [-0.2, 0) is 14.6 Å². The molecule has 1 N–H and O–H groups in total. The number of ether oxygens (including phenoxy) is 1. The molecule has 0 heterocycles. The summed E-state index contributed by atoms with van der Waals surface area (Å²) < 4.78 is 28.1. The van der Waals surface area contributed by atoms with Crippen molar-refractivity contribution < 1.29 is 13.2 Å². The molecule has 0 aliphatic heterocycles. The molecule has 1 fully saturated rings. The second-order valence-corrected chi connectivity index (χ2v) is 7.09. The molecule has 0 aromatic heterocycles. The number of rotatable bonds is 8. The van der Waals surface area contributed by atoms with Crippen LogP contribution in [0.3, 0.4) is 0 Å². The van der Waals surface area contributed by atoms with Crippen LogP contribution in [0.4, 0.5) is 0 Å². The van der Waals surface area contributed by atoms with Crippen LogP contribution in [0.5, 0.6) is 0 Å². The van der Waals surface area contributed by atoms with E-state index in [1.807, 2.05) is 0 Å². The van der Waals surface area contributed by atoms with Crippen LogP contribution in [0.25, 0.3) is 0 Å². The van der Waals surface area contributed by atoms with Crippen molar-refractivity contribution in [3.63, 3.8) is 0 Å². The van der Waals surface area contributed by atoms with Gasteiger partial charge < -0.3 is 10.1 Å². The van der Waals surface area contributed by atoms with Crippen molar-refractivity contribution in [2.24, 2.45) is 0 Å². The van der Waals surface area contributed by atoms with E-state index in [0.29, 0.717) is 19.3 Å². The lowest BCUT2D eigenvalue weighted by molar-refractivity contribution is 0.0305. The number of nitrogens with one attached hydrogen (secondary N) is 1. The maximum Gasteiger partial charge on any atom is 0.151 e. The lowest BCUT2D eigenvalue weighted by Gasteiger charge is -2.22. The molecule has 4 nitrogen and oxygen atoms in total. The van der Waals surface area contributed by atoms with E-state index in [-0.39, 0.29) is 11.5 Å². The predicted molar refractivity (Wildman–Crippen MR) is 70.0 cm³/mol. The molecule has 1 saturated carbocycles. The Kier molecular flexibility index (Phi) is 7.08. The molecular weight excluding hydrogens is 238 g/mol. The molecule has 0 radical (unpaired) electrons. The van der Waals surface area contributed by atoms with Crippen LogP contribution in [0.2, 0.25) is 0 Å². The number of hydrogen-bond acceptors (Lipinski definition) is 4. The van der Waals surface area contributed by atoms with Crippen LogP contribution in [0, 0.1) is 0 Å². The van der Waals surface area contributed by atoms with Crippen molar-refractivity contribution in [2.75, 3.05) is 31.2 Å². The SMILES string of the molecule is CCS(=O)(=O)CCNCCOC1CCCCC1. The molecule has 17 heavy (non-hydrogen) atoms. The van der Waals surface area contributed by atoms with Gasteiger partial charge in [-0.25, -0.2) is 8.42 Å². The van der Waals surface area contributed by atoms with E-state index in [1.54, 1.807) is 6.92 Å². The van der Waals surface area contributed by atoms with Crippen molar-refractivity contribution >= 4 is 9.84 Å². The van der Waals surface area contributed by atoms with Gasteiger partial charge in [0, 0.05) is 18.8 Å². The van der Waals surface area contributed by atoms with E-state index in [0.717, 1.165) is 6.54 Å². The van der Waals surface area contributed by atoms with E-state index < -0.39 is 9.84 Å². The normalized spacial score (nSPS) is 18.4. The summed E-state index contributed by atoms with van der Waals surface area (Å²) >= 11 is 0. The minimum Gasteiger partial charge on any atom is -0.377 e. The minimum absolute atomic E-state index is 0.229. The van der Waals surface area contributed by atoms with Gasteiger partial charge in [-0.1, -0.05) is 26.2 Å². The third kappa shape index (κ3) is 7.01. The van der Waals surface area contributed by atoms with Gasteiger partial charge in [-0.3, -0.25) is 0 Å². The Morgan fingerprint density at radius 1 is 1.18 bits per heavy atom. The Morgan fingerprint density at radius 3 is 2.53 bits per heavy atom. The lowest BCUT2D eigenvalue weighted by atomic mass is 9.98. The van der Waals surface area contributed by atoms with Gasteiger partial charge in [-0.05, 0) is 12.8 Å². The lowest BCUT2D eigenvalue weighted by Crippen LogP contribution is -2.28. The second kappa shape index (κ2) is 8.06. The summed E-state index contributed by atoms with van der Waals surface area (Å²) in [6, 6.07) is 0. The topological polar surface area (TPSA) is 55.4 Å². The van der Waals surface area contributed by atoms with Crippen LogP contribution in [0.15, 0.2) is 0 Å². The van der Waals surface area contributed by atoms with E-state index in [4.69, 9.17) is 4.74 Å². The molecule has 1 aliphatic rings. The second-order valence-electron chi connectivity index (χ2n) is 4.62. The molecule has 0 bridgehead atoms. The Labute approximate surface area is 105 Å². The van der Waals surface area contributed by atoms with Crippen molar-refractivity contribution in [1.29, 1.82) is 0 Å². The molecule has 0 unspecified atom stereocenters. The third-order valence-electron chi connectivity index (χ3n) is 3.21. The van der Waals surface area contributed by atoms with Gasteiger partial charge in [0.25, 0.3) is 0 Å². The average molecular weight is 263 g/mol. The maximum atomic E-state index is 11.2. The molecule has 0 spiro atoms. The third-order valence-corrected chi connectivity index (χ3v) is 4.92. The highest BCUT2D eigenvalue weighted by atomic mass is 32.2. The van der Waals surface area contributed by atoms with Gasteiger partial charge in [0.1, 0.15) is 0 Å². The number of sulfone groups is 1. The Hall–Kier alpha value is -0.130. The summed E-state index contributed by atoms with van der Waals surface area (Å²) in [7, 11) is -2.83.